The summed E-state index contributed by atoms with van der Waals surface area (Å²) in [6.45, 7) is 2.45. The van der Waals surface area contributed by atoms with Crippen molar-refractivity contribution in [3.05, 3.63) is 70.5 Å². The van der Waals surface area contributed by atoms with E-state index in [-0.39, 0.29) is 17.0 Å². The van der Waals surface area contributed by atoms with Crippen LogP contribution in [0.4, 0.5) is 4.39 Å². The molecular formula is C21H21ClFN3OS. The third kappa shape index (κ3) is 5.42. The van der Waals surface area contributed by atoms with Crippen LogP contribution in [0.15, 0.2) is 58.7 Å². The minimum absolute atomic E-state index is 0.0308. The molecule has 0 aromatic heterocycles. The molecule has 0 saturated carbocycles. The van der Waals surface area contributed by atoms with E-state index in [2.05, 4.69) is 17.1 Å². The summed E-state index contributed by atoms with van der Waals surface area (Å²) in [6.07, 6.45) is 4.45. The molecule has 2 aromatic rings. The van der Waals surface area contributed by atoms with Crippen LogP contribution < -0.4 is 0 Å². The molecule has 0 unspecified atom stereocenters. The number of thioether (sulfide) groups is 1. The van der Waals surface area contributed by atoms with Crippen molar-refractivity contribution >= 4 is 40.7 Å². The number of nitrogens with zero attached hydrogens (tertiary/aromatic N) is 3. The van der Waals surface area contributed by atoms with Crippen LogP contribution in [0.25, 0.3) is 0 Å². The molecule has 1 heterocycles. The number of rotatable bonds is 7. The Bertz CT molecular complexity index is 868. The van der Waals surface area contributed by atoms with Gasteiger partial charge in [-0.2, -0.15) is 5.10 Å². The maximum Gasteiger partial charge on any atom is 0.242 e. The van der Waals surface area contributed by atoms with Crippen molar-refractivity contribution in [3.8, 4) is 0 Å². The zero-order valence-electron chi connectivity index (χ0n) is 15.5. The van der Waals surface area contributed by atoms with E-state index in [1.54, 1.807) is 35.4 Å². The molecule has 0 radical (unpaired) electrons. The van der Waals surface area contributed by atoms with Crippen molar-refractivity contribution in [1.82, 2.24) is 4.90 Å². The molecule has 0 aliphatic carbocycles. The van der Waals surface area contributed by atoms with Crippen LogP contribution in [0.5, 0.6) is 0 Å². The molecule has 2 aromatic carbocycles. The summed E-state index contributed by atoms with van der Waals surface area (Å²) in [4.78, 5) is 14.5. The molecule has 0 N–H and O–H groups in total. The summed E-state index contributed by atoms with van der Waals surface area (Å²) >= 11 is 7.33. The number of hydrogen-bond acceptors (Lipinski definition) is 4. The first-order chi connectivity index (χ1) is 13.6. The second-order valence-corrected chi connectivity index (χ2v) is 8.08. The van der Waals surface area contributed by atoms with Crippen molar-refractivity contribution in [1.29, 1.82) is 0 Å². The number of amidine groups is 1. The first-order valence-electron chi connectivity index (χ1n) is 9.16. The summed E-state index contributed by atoms with van der Waals surface area (Å²) in [5.41, 5.74) is 1.72. The lowest BCUT2D eigenvalue weighted by atomic mass is 10.1. The second-order valence-electron chi connectivity index (χ2n) is 6.48. The minimum atomic E-state index is -0.298. The van der Waals surface area contributed by atoms with Gasteiger partial charge in [0.05, 0.1) is 18.0 Å². The molecule has 4 nitrogen and oxygen atoms in total. The van der Waals surface area contributed by atoms with E-state index in [9.17, 15) is 9.18 Å². The van der Waals surface area contributed by atoms with Crippen molar-refractivity contribution in [2.75, 3.05) is 0 Å². The van der Waals surface area contributed by atoms with Gasteiger partial charge >= 0.3 is 0 Å². The van der Waals surface area contributed by atoms with E-state index in [1.165, 1.54) is 23.9 Å². The van der Waals surface area contributed by atoms with Gasteiger partial charge in [-0.3, -0.25) is 9.69 Å². The van der Waals surface area contributed by atoms with Gasteiger partial charge in [-0.15, -0.1) is 5.10 Å². The molecule has 1 atom stereocenters. The number of carbonyl (C=O) groups excluding carboxylic acids is 1. The average Bonchev–Trinajstić information content (AvgIpc) is 2.98. The molecule has 0 bridgehead atoms. The quantitative estimate of drug-likeness (QED) is 0.440. The number of carbonyl (C=O) groups is 1. The summed E-state index contributed by atoms with van der Waals surface area (Å²) < 4.78 is 13.2. The van der Waals surface area contributed by atoms with Gasteiger partial charge in [-0.25, -0.2) is 4.39 Å². The smallest absolute Gasteiger partial charge is 0.242 e. The highest BCUT2D eigenvalue weighted by molar-refractivity contribution is 8.15. The number of unbranched alkanes of at least 4 members (excludes halogenated alkanes) is 1. The van der Waals surface area contributed by atoms with Gasteiger partial charge in [-0.1, -0.05) is 67.4 Å². The number of amides is 1. The highest BCUT2D eigenvalue weighted by atomic mass is 35.5. The van der Waals surface area contributed by atoms with Crippen LogP contribution in [0.3, 0.4) is 0 Å². The summed E-state index contributed by atoms with van der Waals surface area (Å²) in [7, 11) is 0. The Morgan fingerprint density at radius 2 is 1.89 bits per heavy atom. The lowest BCUT2D eigenvalue weighted by molar-refractivity contribution is -0.126. The van der Waals surface area contributed by atoms with Crippen molar-refractivity contribution in [2.45, 2.75) is 38.0 Å². The van der Waals surface area contributed by atoms with Gasteiger partial charge in [0.2, 0.25) is 5.91 Å². The van der Waals surface area contributed by atoms with E-state index in [4.69, 9.17) is 11.6 Å². The van der Waals surface area contributed by atoms with Gasteiger partial charge in [0.25, 0.3) is 0 Å². The first-order valence-corrected chi connectivity index (χ1v) is 10.4. The van der Waals surface area contributed by atoms with Crippen LogP contribution in [-0.4, -0.2) is 27.4 Å². The van der Waals surface area contributed by atoms with E-state index >= 15 is 0 Å². The third-order valence-electron chi connectivity index (χ3n) is 4.31. The van der Waals surface area contributed by atoms with Crippen LogP contribution in [0.1, 0.15) is 37.3 Å². The van der Waals surface area contributed by atoms with Crippen LogP contribution in [-0.2, 0) is 11.3 Å². The minimum Gasteiger partial charge on any atom is -0.284 e. The fourth-order valence-electron chi connectivity index (χ4n) is 2.77. The van der Waals surface area contributed by atoms with Crippen molar-refractivity contribution in [3.63, 3.8) is 0 Å². The molecule has 7 heteroatoms. The molecule has 1 aliphatic heterocycles. The van der Waals surface area contributed by atoms with Gasteiger partial charge in [0.1, 0.15) is 5.82 Å². The Balaban J connectivity index is 1.78. The fraction of sp³-hybridized carbons (Fsp3) is 0.286. The van der Waals surface area contributed by atoms with Gasteiger partial charge in [-0.05, 0) is 41.8 Å². The lowest BCUT2D eigenvalue weighted by Gasteiger charge is -2.15. The second kappa shape index (κ2) is 9.85. The number of benzene rings is 2. The number of hydrogen-bond donors (Lipinski definition) is 0. The predicted molar refractivity (Wildman–Crippen MR) is 114 cm³/mol. The fourth-order valence-corrected chi connectivity index (χ4v) is 4.04. The average molecular weight is 418 g/mol. The molecule has 1 saturated heterocycles. The maximum absolute atomic E-state index is 13.2. The highest BCUT2D eigenvalue weighted by Gasteiger charge is 2.37. The van der Waals surface area contributed by atoms with Crippen LogP contribution in [0, 0.1) is 5.82 Å². The normalized spacial score (nSPS) is 18.5. The molecule has 1 amide bonds. The topological polar surface area (TPSA) is 45.0 Å². The largest absolute Gasteiger partial charge is 0.284 e. The van der Waals surface area contributed by atoms with Gasteiger partial charge < -0.3 is 0 Å². The van der Waals surface area contributed by atoms with Gasteiger partial charge in [0.15, 0.2) is 5.17 Å². The summed E-state index contributed by atoms with van der Waals surface area (Å²) in [6, 6.07) is 13.4. The van der Waals surface area contributed by atoms with E-state index in [0.717, 1.165) is 30.4 Å². The van der Waals surface area contributed by atoms with Crippen molar-refractivity contribution < 1.29 is 9.18 Å². The van der Waals surface area contributed by atoms with Crippen LogP contribution in [0.2, 0.25) is 5.02 Å². The standard InChI is InChI=1S/C21H21ClFN3OS/c1-2-3-4-19-20(27)26(14-16-7-11-18(23)12-8-16)21(28-19)25-24-13-15-5-9-17(22)10-6-15/h5-13,19H,2-4,14H2,1H3/b24-13-,25-21+/t19-/m0/s1. The predicted octanol–water partition coefficient (Wildman–Crippen LogP) is 5.50. The monoisotopic (exact) mass is 417 g/mol. The Morgan fingerprint density at radius 3 is 2.57 bits per heavy atom. The molecule has 146 valence electrons. The molecule has 1 fully saturated rings. The molecular weight excluding hydrogens is 397 g/mol. The SMILES string of the molecule is CCCC[C@@H]1S/C(=N/N=C\c2ccc(Cl)cc2)N(Cc2ccc(F)cc2)C1=O. The molecule has 1 aliphatic rings. The summed E-state index contributed by atoms with van der Waals surface area (Å²) in [5.74, 6) is -0.267. The molecule has 0 spiro atoms. The highest BCUT2D eigenvalue weighted by Crippen LogP contribution is 2.32. The Kier molecular flexibility index (Phi) is 7.23. The Morgan fingerprint density at radius 1 is 1.18 bits per heavy atom. The lowest BCUT2D eigenvalue weighted by Crippen LogP contribution is -2.31. The van der Waals surface area contributed by atoms with Crippen LogP contribution >= 0.6 is 23.4 Å². The van der Waals surface area contributed by atoms with E-state index in [1.807, 2.05) is 12.1 Å². The van der Waals surface area contributed by atoms with Gasteiger partial charge in [0, 0.05) is 5.02 Å². The van der Waals surface area contributed by atoms with E-state index in [0.29, 0.717) is 16.7 Å². The third-order valence-corrected chi connectivity index (χ3v) is 5.80. The zero-order chi connectivity index (χ0) is 19.9. The molecule has 3 rings (SSSR count). The first kappa shape index (κ1) is 20.6. The maximum atomic E-state index is 13.2. The van der Waals surface area contributed by atoms with E-state index < -0.39 is 0 Å². The zero-order valence-corrected chi connectivity index (χ0v) is 17.1. The molecule has 28 heavy (non-hydrogen) atoms. The summed E-state index contributed by atoms with van der Waals surface area (Å²) in [5, 5.41) is 9.52. The van der Waals surface area contributed by atoms with Crippen molar-refractivity contribution in [2.24, 2.45) is 10.2 Å². The Labute approximate surface area is 173 Å². The Hall–Kier alpha value is -2.18. The number of halogens is 2.